The molecule has 1 aromatic heterocycles. The third-order valence-electron chi connectivity index (χ3n) is 5.48. The minimum Gasteiger partial charge on any atom is -0.381 e. The fraction of sp³-hybridized carbons (Fsp3) is 0.833. The largest absolute Gasteiger partial charge is 0.381 e. The minimum atomic E-state index is 0.522. The first-order valence-corrected chi connectivity index (χ1v) is 9.35. The molecule has 3 rings (SSSR count). The third-order valence-corrected chi connectivity index (χ3v) is 5.48. The van der Waals surface area contributed by atoms with E-state index in [1.165, 1.54) is 38.0 Å². The van der Waals surface area contributed by atoms with Gasteiger partial charge < -0.3 is 9.64 Å². The molecule has 0 aliphatic carbocycles. The summed E-state index contributed by atoms with van der Waals surface area (Å²) in [6.07, 6.45) is 5.61. The summed E-state index contributed by atoms with van der Waals surface area (Å²) in [5, 5.41) is 4.60. The fourth-order valence-electron chi connectivity index (χ4n) is 3.98. The number of hydrogen-bond donors (Lipinski definition) is 0. The molecule has 2 aliphatic rings. The molecule has 130 valence electrons. The molecule has 0 saturated carbocycles. The van der Waals surface area contributed by atoms with E-state index in [1.807, 2.05) is 6.20 Å². The van der Waals surface area contributed by atoms with E-state index in [9.17, 15) is 0 Å². The van der Waals surface area contributed by atoms with Crippen molar-refractivity contribution >= 4 is 0 Å². The van der Waals surface area contributed by atoms with Crippen LogP contribution in [0.5, 0.6) is 0 Å². The van der Waals surface area contributed by atoms with Crippen LogP contribution in [0.3, 0.4) is 0 Å². The van der Waals surface area contributed by atoms with Crippen LogP contribution in [-0.4, -0.2) is 65.5 Å². The van der Waals surface area contributed by atoms with Gasteiger partial charge in [-0.1, -0.05) is 13.8 Å². The Labute approximate surface area is 140 Å². The Morgan fingerprint density at radius 3 is 2.78 bits per heavy atom. The minimum absolute atomic E-state index is 0.522. The second-order valence-corrected chi connectivity index (χ2v) is 6.99. The molecule has 5 nitrogen and oxygen atoms in total. The molecule has 3 heterocycles. The van der Waals surface area contributed by atoms with Gasteiger partial charge in [0.1, 0.15) is 0 Å². The molecule has 0 amide bonds. The number of fused-ring (bicyclic) bond motifs is 1. The Kier molecular flexibility index (Phi) is 6.08. The lowest BCUT2D eigenvalue weighted by atomic mass is 9.98. The van der Waals surface area contributed by atoms with Crippen LogP contribution in [0.15, 0.2) is 12.3 Å². The van der Waals surface area contributed by atoms with Crippen molar-refractivity contribution in [2.45, 2.75) is 45.7 Å². The highest BCUT2D eigenvalue weighted by molar-refractivity contribution is 5.05. The molecule has 0 radical (unpaired) electrons. The summed E-state index contributed by atoms with van der Waals surface area (Å²) in [4.78, 5) is 5.17. The molecule has 1 aromatic rings. The molecule has 0 N–H and O–H groups in total. The van der Waals surface area contributed by atoms with Crippen molar-refractivity contribution in [3.05, 3.63) is 18.0 Å². The van der Waals surface area contributed by atoms with Gasteiger partial charge in [0.2, 0.25) is 0 Å². The molecule has 1 fully saturated rings. The topological polar surface area (TPSA) is 33.5 Å². The van der Waals surface area contributed by atoms with Crippen molar-refractivity contribution in [1.82, 2.24) is 19.6 Å². The van der Waals surface area contributed by atoms with Crippen molar-refractivity contribution in [1.29, 1.82) is 0 Å². The Morgan fingerprint density at radius 1 is 1.26 bits per heavy atom. The van der Waals surface area contributed by atoms with E-state index < -0.39 is 0 Å². The molecule has 2 aliphatic heterocycles. The predicted octanol–water partition coefficient (Wildman–Crippen LogP) is 2.40. The second-order valence-electron chi connectivity index (χ2n) is 6.99. The first-order valence-electron chi connectivity index (χ1n) is 9.35. The summed E-state index contributed by atoms with van der Waals surface area (Å²) in [6, 6.07) is 2.72. The Balaban J connectivity index is 1.60. The summed E-state index contributed by atoms with van der Waals surface area (Å²) in [5.41, 5.74) is 1.38. The predicted molar refractivity (Wildman–Crippen MR) is 92.5 cm³/mol. The van der Waals surface area contributed by atoms with Crippen molar-refractivity contribution in [2.24, 2.45) is 5.92 Å². The quantitative estimate of drug-likeness (QED) is 0.772. The Bertz CT molecular complexity index is 465. The molecule has 1 saturated heterocycles. The van der Waals surface area contributed by atoms with Gasteiger partial charge in [0.25, 0.3) is 0 Å². The van der Waals surface area contributed by atoms with E-state index in [0.29, 0.717) is 6.04 Å². The van der Waals surface area contributed by atoms with Crippen LogP contribution in [0.25, 0.3) is 0 Å². The molecular weight excluding hydrogens is 288 g/mol. The lowest BCUT2D eigenvalue weighted by Crippen LogP contribution is -2.42. The maximum Gasteiger partial charge on any atom is 0.0662 e. The molecule has 0 aromatic carbocycles. The first-order chi connectivity index (χ1) is 11.3. The highest BCUT2D eigenvalue weighted by Gasteiger charge is 2.27. The maximum absolute atomic E-state index is 5.51. The smallest absolute Gasteiger partial charge is 0.0662 e. The SMILES string of the molecule is CCN(CC)CC[C@@H]1CN(CC2CCOCC2)Cc2ccnn21. The lowest BCUT2D eigenvalue weighted by molar-refractivity contribution is 0.0438. The lowest BCUT2D eigenvalue weighted by Gasteiger charge is -2.37. The molecule has 1 atom stereocenters. The number of aromatic nitrogens is 2. The van der Waals surface area contributed by atoms with Crippen LogP contribution < -0.4 is 0 Å². The molecule has 23 heavy (non-hydrogen) atoms. The summed E-state index contributed by atoms with van der Waals surface area (Å²) in [5.74, 6) is 0.807. The standard InChI is InChI=1S/C18H32N4O/c1-3-20(4-2)10-6-18-15-21(13-16-7-11-23-12-8-16)14-17-5-9-19-22(17)18/h5,9,16,18H,3-4,6-8,10-15H2,1-2H3/t18-/m1/s1. The van der Waals surface area contributed by atoms with Crippen LogP contribution in [0.1, 0.15) is 44.8 Å². The second kappa shape index (κ2) is 8.27. The molecular formula is C18H32N4O. The molecule has 5 heteroatoms. The van der Waals surface area contributed by atoms with Gasteiger partial charge in [-0.15, -0.1) is 0 Å². The zero-order valence-electron chi connectivity index (χ0n) is 14.8. The van der Waals surface area contributed by atoms with Gasteiger partial charge in [-0.2, -0.15) is 5.10 Å². The van der Waals surface area contributed by atoms with Crippen LogP contribution in [0.4, 0.5) is 0 Å². The van der Waals surface area contributed by atoms with Gasteiger partial charge >= 0.3 is 0 Å². The van der Waals surface area contributed by atoms with Gasteiger partial charge in [0.15, 0.2) is 0 Å². The van der Waals surface area contributed by atoms with Crippen LogP contribution in [0, 0.1) is 5.92 Å². The summed E-state index contributed by atoms with van der Waals surface area (Å²) in [7, 11) is 0. The Morgan fingerprint density at radius 2 is 2.04 bits per heavy atom. The van der Waals surface area contributed by atoms with Gasteiger partial charge in [0.05, 0.1) is 11.7 Å². The monoisotopic (exact) mass is 320 g/mol. The van der Waals surface area contributed by atoms with Crippen LogP contribution >= 0.6 is 0 Å². The van der Waals surface area contributed by atoms with Crippen LogP contribution in [-0.2, 0) is 11.3 Å². The average molecular weight is 320 g/mol. The van der Waals surface area contributed by atoms with Crippen molar-refractivity contribution in [3.8, 4) is 0 Å². The normalized spacial score (nSPS) is 23.3. The number of rotatable bonds is 7. The number of hydrogen-bond acceptors (Lipinski definition) is 4. The van der Waals surface area contributed by atoms with E-state index in [-0.39, 0.29) is 0 Å². The molecule has 0 unspecified atom stereocenters. The molecule has 0 bridgehead atoms. The highest BCUT2D eigenvalue weighted by Crippen LogP contribution is 2.26. The summed E-state index contributed by atoms with van der Waals surface area (Å²) in [6.45, 7) is 13.3. The first kappa shape index (κ1) is 16.9. The average Bonchev–Trinajstić information content (AvgIpc) is 3.05. The number of nitrogens with zero attached hydrogens (tertiary/aromatic N) is 4. The van der Waals surface area contributed by atoms with Crippen LogP contribution in [0.2, 0.25) is 0 Å². The van der Waals surface area contributed by atoms with E-state index in [2.05, 4.69) is 39.5 Å². The summed E-state index contributed by atoms with van der Waals surface area (Å²) >= 11 is 0. The van der Waals surface area contributed by atoms with Crippen molar-refractivity contribution < 1.29 is 4.74 Å². The van der Waals surface area contributed by atoms with Gasteiger partial charge in [-0.05, 0) is 44.3 Å². The van der Waals surface area contributed by atoms with Gasteiger partial charge in [-0.25, -0.2) is 0 Å². The van der Waals surface area contributed by atoms with Crippen molar-refractivity contribution in [2.75, 3.05) is 45.9 Å². The van der Waals surface area contributed by atoms with E-state index in [4.69, 9.17) is 4.74 Å². The van der Waals surface area contributed by atoms with Gasteiger partial charge in [0, 0.05) is 45.6 Å². The number of ether oxygens (including phenoxy) is 1. The summed E-state index contributed by atoms with van der Waals surface area (Å²) < 4.78 is 7.79. The maximum atomic E-state index is 5.51. The molecule has 0 spiro atoms. The zero-order valence-corrected chi connectivity index (χ0v) is 14.8. The fourth-order valence-corrected chi connectivity index (χ4v) is 3.98. The van der Waals surface area contributed by atoms with Gasteiger partial charge in [-0.3, -0.25) is 9.58 Å². The van der Waals surface area contributed by atoms with E-state index in [1.54, 1.807) is 0 Å². The van der Waals surface area contributed by atoms with E-state index >= 15 is 0 Å². The Hall–Kier alpha value is -0.910. The highest BCUT2D eigenvalue weighted by atomic mass is 16.5. The third kappa shape index (κ3) is 4.34. The van der Waals surface area contributed by atoms with Crippen molar-refractivity contribution in [3.63, 3.8) is 0 Å². The zero-order chi connectivity index (χ0) is 16.1. The van der Waals surface area contributed by atoms with E-state index in [0.717, 1.165) is 45.3 Å².